The highest BCUT2D eigenvalue weighted by atomic mass is 16.7. The molecule has 5 aromatic carbocycles. The van der Waals surface area contributed by atoms with Gasteiger partial charge in [-0.1, -0.05) is 79.7 Å². The number of rotatable bonds is 16. The van der Waals surface area contributed by atoms with Crippen molar-refractivity contribution in [1.82, 2.24) is 0 Å². The smallest absolute Gasteiger partial charge is 0.338 e. The largest absolute Gasteiger partial charge is 0.493 e. The molecule has 1 aliphatic heterocycles. The van der Waals surface area contributed by atoms with E-state index >= 15 is 0 Å². The lowest BCUT2D eigenvalue weighted by Crippen LogP contribution is -2.64. The van der Waals surface area contributed by atoms with Gasteiger partial charge in [-0.05, 0) is 78.7 Å². The van der Waals surface area contributed by atoms with Crippen molar-refractivity contribution >= 4 is 35.9 Å². The molecule has 5 aromatic rings. The second-order valence-corrected chi connectivity index (χ2v) is 13.4. The molecule has 0 spiro atoms. The molecule has 1 aliphatic rings. The van der Waals surface area contributed by atoms with Crippen LogP contribution in [0.1, 0.15) is 60.3 Å². The number of ether oxygens (including phenoxy) is 8. The molecule has 14 heteroatoms. The van der Waals surface area contributed by atoms with Crippen molar-refractivity contribution in [3.63, 3.8) is 0 Å². The van der Waals surface area contributed by atoms with Crippen molar-refractivity contribution in [3.8, 4) is 17.2 Å². The summed E-state index contributed by atoms with van der Waals surface area (Å²) in [6.45, 7) is 1.12. The summed E-state index contributed by atoms with van der Waals surface area (Å²) in [5.74, 6) is -4.48. The highest BCUT2D eigenvalue weighted by molar-refractivity contribution is 5.93. The fourth-order valence-corrected chi connectivity index (χ4v) is 6.35. The minimum absolute atomic E-state index is 0.0469. The van der Waals surface area contributed by atoms with E-state index in [4.69, 9.17) is 37.9 Å². The lowest BCUT2D eigenvalue weighted by Gasteiger charge is -2.44. The average molecular weight is 831 g/mol. The quantitative estimate of drug-likeness (QED) is 0.0598. The lowest BCUT2D eigenvalue weighted by molar-refractivity contribution is -0.275. The minimum atomic E-state index is -1.72. The van der Waals surface area contributed by atoms with E-state index in [9.17, 15) is 29.1 Å². The molecule has 6 rings (SSSR count). The van der Waals surface area contributed by atoms with Gasteiger partial charge in [0, 0.05) is 5.57 Å². The third-order valence-electron chi connectivity index (χ3n) is 9.45. The van der Waals surface area contributed by atoms with Crippen LogP contribution in [-0.4, -0.2) is 86.5 Å². The van der Waals surface area contributed by atoms with Gasteiger partial charge in [-0.25, -0.2) is 24.0 Å². The van der Waals surface area contributed by atoms with E-state index in [0.29, 0.717) is 5.56 Å². The molecule has 0 amide bonds. The molecule has 0 saturated carbocycles. The van der Waals surface area contributed by atoms with Crippen LogP contribution < -0.4 is 14.2 Å². The van der Waals surface area contributed by atoms with Gasteiger partial charge in [0.2, 0.25) is 18.1 Å². The maximum Gasteiger partial charge on any atom is 0.338 e. The van der Waals surface area contributed by atoms with E-state index in [1.54, 1.807) is 91.9 Å². The molecule has 0 aliphatic carbocycles. The van der Waals surface area contributed by atoms with Crippen LogP contribution in [0.5, 0.6) is 17.2 Å². The number of carbonyl (C=O) groups is 5. The van der Waals surface area contributed by atoms with Crippen molar-refractivity contribution in [3.05, 3.63) is 167 Å². The summed E-state index contributed by atoms with van der Waals surface area (Å²) in [6.07, 6.45) is -6.48. The van der Waals surface area contributed by atoms with E-state index in [-0.39, 0.29) is 51.5 Å². The second kappa shape index (κ2) is 20.5. The Morgan fingerprint density at radius 3 is 1.41 bits per heavy atom. The predicted octanol–water partition coefficient (Wildman–Crippen LogP) is 7.22. The SMILES string of the molecule is CCC(=Cc1cc(OC)c(O[C@@H]2O[C@H](COC(=O)c3ccccc3)[C@@H](OC(=O)c3ccccc3)[C@H](OC(=O)c3ccccc3)[C@H]2OC(=O)c2ccccc2)c(OC)c1)C(=O)O. The van der Waals surface area contributed by atoms with Crippen LogP contribution in [0, 0.1) is 0 Å². The normalized spacial score (nSPS) is 18.5. The number of hydrogen-bond acceptors (Lipinski definition) is 13. The molecule has 0 unspecified atom stereocenters. The van der Waals surface area contributed by atoms with Gasteiger partial charge in [0.25, 0.3) is 0 Å². The first-order valence-electron chi connectivity index (χ1n) is 19.1. The standard InChI is InChI=1S/C47H42O14/c1-4-30(42(48)49)25-29-26-35(54-2)38(36(27-29)55-3)61-47-41(60-46(53)34-23-15-8-16-24-34)40(59-45(52)33-21-13-7-14-22-33)39(58-44(51)32-19-11-6-12-20-32)37(57-47)28-56-43(50)31-17-9-5-10-18-31/h5-27,37,39-41,47H,4,28H2,1-3H3,(H,48,49)/t37-,39-,40+,41-,47+/m1/s1. The summed E-state index contributed by atoms with van der Waals surface area (Å²) in [7, 11) is 2.69. The summed E-state index contributed by atoms with van der Waals surface area (Å²) >= 11 is 0. The molecule has 14 nitrogen and oxygen atoms in total. The van der Waals surface area contributed by atoms with E-state index in [1.807, 2.05) is 0 Å². The molecular weight excluding hydrogens is 789 g/mol. The number of carboxylic acids is 1. The highest BCUT2D eigenvalue weighted by Gasteiger charge is 2.54. The topological polar surface area (TPSA) is 179 Å². The molecule has 0 aromatic heterocycles. The van der Waals surface area contributed by atoms with Crippen LogP contribution in [0.3, 0.4) is 0 Å². The molecule has 1 N–H and O–H groups in total. The lowest BCUT2D eigenvalue weighted by atomic mass is 9.97. The Morgan fingerprint density at radius 2 is 1.00 bits per heavy atom. The van der Waals surface area contributed by atoms with Crippen LogP contribution in [0.4, 0.5) is 0 Å². The zero-order valence-electron chi connectivity index (χ0n) is 33.3. The predicted molar refractivity (Wildman–Crippen MR) is 218 cm³/mol. The maximum atomic E-state index is 14.0. The minimum Gasteiger partial charge on any atom is -0.493 e. The molecule has 0 radical (unpaired) electrons. The summed E-state index contributed by atoms with van der Waals surface area (Å²) in [6, 6.07) is 35.0. The summed E-state index contributed by atoms with van der Waals surface area (Å²) in [5.41, 5.74) is 1.06. The first-order chi connectivity index (χ1) is 29.6. The van der Waals surface area contributed by atoms with E-state index < -0.39 is 67.2 Å². The highest BCUT2D eigenvalue weighted by Crippen LogP contribution is 2.42. The Hall–Kier alpha value is -7.45. The van der Waals surface area contributed by atoms with Crippen molar-refractivity contribution in [2.45, 2.75) is 44.1 Å². The molecule has 1 saturated heterocycles. The first kappa shape index (κ1) is 43.1. The number of esters is 4. The van der Waals surface area contributed by atoms with Gasteiger partial charge in [0.05, 0.1) is 36.5 Å². The zero-order chi connectivity index (χ0) is 43.3. The molecule has 314 valence electrons. The summed E-state index contributed by atoms with van der Waals surface area (Å²) in [5, 5.41) is 9.70. The van der Waals surface area contributed by atoms with E-state index in [0.717, 1.165) is 0 Å². The Labute approximate surface area is 351 Å². The second-order valence-electron chi connectivity index (χ2n) is 13.4. The van der Waals surface area contributed by atoms with Gasteiger partial charge in [0.1, 0.15) is 12.7 Å². The van der Waals surface area contributed by atoms with Crippen LogP contribution in [0.15, 0.2) is 139 Å². The van der Waals surface area contributed by atoms with Gasteiger partial charge >= 0.3 is 29.8 Å². The zero-order valence-corrected chi connectivity index (χ0v) is 33.3. The van der Waals surface area contributed by atoms with E-state index in [2.05, 4.69) is 0 Å². The summed E-state index contributed by atoms with van der Waals surface area (Å²) < 4.78 is 48.4. The van der Waals surface area contributed by atoms with Crippen LogP contribution in [0.2, 0.25) is 0 Å². The van der Waals surface area contributed by atoms with Gasteiger partial charge in [-0.15, -0.1) is 0 Å². The van der Waals surface area contributed by atoms with Crippen molar-refractivity contribution < 1.29 is 67.0 Å². The van der Waals surface area contributed by atoms with Gasteiger partial charge < -0.3 is 43.0 Å². The summed E-state index contributed by atoms with van der Waals surface area (Å²) in [4.78, 5) is 66.9. The Bertz CT molecular complexity index is 2310. The number of methoxy groups -OCH3 is 2. The Kier molecular flexibility index (Phi) is 14.5. The van der Waals surface area contributed by atoms with Gasteiger partial charge in [-0.2, -0.15) is 0 Å². The molecule has 61 heavy (non-hydrogen) atoms. The molecule has 0 bridgehead atoms. The molecule has 1 fully saturated rings. The van der Waals surface area contributed by atoms with Crippen LogP contribution in [-0.2, 0) is 28.5 Å². The molecule has 5 atom stereocenters. The van der Waals surface area contributed by atoms with Crippen molar-refractivity contribution in [1.29, 1.82) is 0 Å². The number of aliphatic carboxylic acids is 1. The Balaban J connectivity index is 1.49. The average Bonchev–Trinajstić information content (AvgIpc) is 3.30. The van der Waals surface area contributed by atoms with Crippen molar-refractivity contribution in [2.24, 2.45) is 0 Å². The van der Waals surface area contributed by atoms with Crippen molar-refractivity contribution in [2.75, 3.05) is 20.8 Å². The third-order valence-corrected chi connectivity index (χ3v) is 9.45. The van der Waals surface area contributed by atoms with Crippen LogP contribution >= 0.6 is 0 Å². The fraction of sp³-hybridized carbons (Fsp3) is 0.213. The maximum absolute atomic E-state index is 14.0. The number of hydrogen-bond donors (Lipinski definition) is 1. The van der Waals surface area contributed by atoms with E-state index in [1.165, 1.54) is 68.8 Å². The first-order valence-corrected chi connectivity index (χ1v) is 19.1. The third kappa shape index (κ3) is 10.8. The monoisotopic (exact) mass is 830 g/mol. The van der Waals surface area contributed by atoms with Crippen LogP contribution in [0.25, 0.3) is 6.08 Å². The number of carboxylic acid groups (broad SMARTS) is 1. The molecular formula is C47H42O14. The molecule has 1 heterocycles. The van der Waals surface area contributed by atoms with Gasteiger partial charge in [-0.3, -0.25) is 0 Å². The Morgan fingerprint density at radius 1 is 0.590 bits per heavy atom. The van der Waals surface area contributed by atoms with Gasteiger partial charge in [0.15, 0.2) is 23.7 Å². The number of benzene rings is 5. The fourth-order valence-electron chi connectivity index (χ4n) is 6.35. The number of carbonyl (C=O) groups excluding carboxylic acids is 4.